The zero-order valence-corrected chi connectivity index (χ0v) is 23.5. The van der Waals surface area contributed by atoms with Crippen molar-refractivity contribution in [3.05, 3.63) is 100 Å². The molecule has 1 aliphatic heterocycles. The molecule has 3 aromatic carbocycles. The lowest BCUT2D eigenvalue weighted by Crippen LogP contribution is -2.33. The Morgan fingerprint density at radius 2 is 1.76 bits per heavy atom. The fourth-order valence-corrected chi connectivity index (χ4v) is 5.55. The molecule has 1 aliphatic rings. The molecule has 1 aromatic heterocycles. The molecule has 6 nitrogen and oxygen atoms in total. The molecule has 0 aliphatic carbocycles. The van der Waals surface area contributed by atoms with Crippen LogP contribution >= 0.6 is 0 Å². The van der Waals surface area contributed by atoms with Gasteiger partial charge in [0.25, 0.3) is 5.91 Å². The van der Waals surface area contributed by atoms with Crippen molar-refractivity contribution in [2.75, 3.05) is 19.6 Å². The highest BCUT2D eigenvalue weighted by Gasteiger charge is 2.24. The molecule has 0 N–H and O–H groups in total. The summed E-state index contributed by atoms with van der Waals surface area (Å²) in [5, 5.41) is 9.48. The van der Waals surface area contributed by atoms with Gasteiger partial charge in [0, 0.05) is 19.6 Å². The van der Waals surface area contributed by atoms with Gasteiger partial charge in [-0.3, -0.25) is 9.69 Å². The van der Waals surface area contributed by atoms with Crippen LogP contribution in [0, 0.1) is 23.0 Å². The maximum Gasteiger partial charge on any atom is 0.257 e. The average molecular weight is 556 g/mol. The van der Waals surface area contributed by atoms with E-state index >= 15 is 0 Å². The van der Waals surface area contributed by atoms with E-state index in [9.17, 15) is 18.8 Å². The number of likely N-dealkylation sites (tertiary alicyclic amines) is 1. The minimum atomic E-state index is -1.14. The zero-order valence-electron chi connectivity index (χ0n) is 23.5. The number of carbonyl (C=O) groups is 1. The Labute approximate surface area is 239 Å². The number of halogens is 2. The van der Waals surface area contributed by atoms with Crippen molar-refractivity contribution in [1.82, 2.24) is 19.4 Å². The summed E-state index contributed by atoms with van der Waals surface area (Å²) >= 11 is 0. The largest absolute Gasteiger partial charge is 0.331 e. The third-order valence-corrected chi connectivity index (χ3v) is 7.83. The highest BCUT2D eigenvalue weighted by Crippen LogP contribution is 2.24. The number of unbranched alkanes of at least 4 members (excludes halogenated alkanes) is 1. The van der Waals surface area contributed by atoms with Crippen LogP contribution in [0.4, 0.5) is 8.78 Å². The number of carbonyl (C=O) groups excluding carboxylic acids is 1. The Bertz CT molecular complexity index is 1570. The number of hydrogen-bond donors (Lipinski definition) is 0. The van der Waals surface area contributed by atoms with Crippen molar-refractivity contribution in [1.29, 1.82) is 5.26 Å². The molecule has 4 aromatic rings. The molecular formula is C33H35F2N5O. The lowest BCUT2D eigenvalue weighted by molar-refractivity contribution is 0.0729. The molecule has 1 saturated heterocycles. The first kappa shape index (κ1) is 28.4. The number of nitrogens with zero attached hydrogens (tertiary/aromatic N) is 5. The summed E-state index contributed by atoms with van der Waals surface area (Å²) in [6.07, 6.45) is 5.25. The van der Waals surface area contributed by atoms with Crippen LogP contribution in [0.25, 0.3) is 11.0 Å². The maximum atomic E-state index is 14.6. The minimum Gasteiger partial charge on any atom is -0.331 e. The number of piperidine rings is 1. The van der Waals surface area contributed by atoms with Crippen LogP contribution in [0.1, 0.15) is 71.9 Å². The lowest BCUT2D eigenvalue weighted by atomic mass is 10.0. The Kier molecular flexibility index (Phi) is 9.05. The van der Waals surface area contributed by atoms with Crippen LogP contribution in [-0.2, 0) is 19.6 Å². The third kappa shape index (κ3) is 6.47. The van der Waals surface area contributed by atoms with Gasteiger partial charge in [-0.25, -0.2) is 13.8 Å². The molecule has 5 rings (SSSR count). The van der Waals surface area contributed by atoms with Crippen molar-refractivity contribution in [2.45, 2.75) is 58.7 Å². The van der Waals surface area contributed by atoms with E-state index in [-0.39, 0.29) is 12.1 Å². The van der Waals surface area contributed by atoms with E-state index in [0.29, 0.717) is 36.4 Å². The molecule has 0 unspecified atom stereocenters. The Morgan fingerprint density at radius 3 is 2.49 bits per heavy atom. The second-order valence-electron chi connectivity index (χ2n) is 10.7. The number of aromatic nitrogens is 2. The maximum absolute atomic E-state index is 14.6. The number of benzene rings is 3. The smallest absolute Gasteiger partial charge is 0.257 e. The molecule has 1 fully saturated rings. The van der Waals surface area contributed by atoms with Gasteiger partial charge in [-0.15, -0.1) is 0 Å². The normalized spacial score (nSPS) is 13.8. The van der Waals surface area contributed by atoms with Gasteiger partial charge in [0.2, 0.25) is 0 Å². The summed E-state index contributed by atoms with van der Waals surface area (Å²) in [6.45, 7) is 6.11. The number of nitriles is 1. The van der Waals surface area contributed by atoms with Crippen LogP contribution in [0.5, 0.6) is 0 Å². The Balaban J connectivity index is 1.52. The molecule has 2 heterocycles. The number of hydrogen-bond acceptors (Lipinski definition) is 4. The van der Waals surface area contributed by atoms with Gasteiger partial charge in [-0.05, 0) is 73.8 Å². The molecule has 1 amide bonds. The first-order valence-corrected chi connectivity index (χ1v) is 14.4. The summed E-state index contributed by atoms with van der Waals surface area (Å²) in [5.41, 5.74) is 4.13. The van der Waals surface area contributed by atoms with Gasteiger partial charge < -0.3 is 9.47 Å². The summed E-state index contributed by atoms with van der Waals surface area (Å²) in [7, 11) is 0. The summed E-state index contributed by atoms with van der Waals surface area (Å²) in [5.74, 6) is -2.13. The average Bonchev–Trinajstić information content (AvgIpc) is 3.33. The van der Waals surface area contributed by atoms with Crippen LogP contribution in [0.2, 0.25) is 0 Å². The predicted octanol–water partition coefficient (Wildman–Crippen LogP) is 6.66. The first-order valence-electron chi connectivity index (χ1n) is 14.4. The third-order valence-electron chi connectivity index (χ3n) is 7.83. The second-order valence-corrected chi connectivity index (χ2v) is 10.7. The molecule has 0 radical (unpaired) electrons. The van der Waals surface area contributed by atoms with E-state index in [0.717, 1.165) is 43.2 Å². The van der Waals surface area contributed by atoms with Gasteiger partial charge in [0.1, 0.15) is 5.82 Å². The van der Waals surface area contributed by atoms with Gasteiger partial charge >= 0.3 is 0 Å². The van der Waals surface area contributed by atoms with Crippen molar-refractivity contribution in [2.24, 2.45) is 0 Å². The quantitative estimate of drug-likeness (QED) is 0.219. The summed E-state index contributed by atoms with van der Waals surface area (Å²) < 4.78 is 30.7. The monoisotopic (exact) mass is 555 g/mol. The highest BCUT2D eigenvalue weighted by molar-refractivity contribution is 5.94. The fraction of sp³-hybridized carbons (Fsp3) is 0.364. The van der Waals surface area contributed by atoms with E-state index < -0.39 is 17.5 Å². The van der Waals surface area contributed by atoms with Crippen LogP contribution in [-0.4, -0.2) is 44.9 Å². The molecule has 212 valence electrons. The molecule has 0 spiro atoms. The Hall–Kier alpha value is -4.09. The number of rotatable bonds is 10. The molecule has 0 bridgehead atoms. The van der Waals surface area contributed by atoms with Gasteiger partial charge in [-0.1, -0.05) is 50.1 Å². The fourth-order valence-electron chi connectivity index (χ4n) is 5.55. The van der Waals surface area contributed by atoms with Gasteiger partial charge in [0.05, 0.1) is 34.8 Å². The number of imidazole rings is 1. The predicted molar refractivity (Wildman–Crippen MR) is 155 cm³/mol. The molecule has 0 atom stereocenters. The van der Waals surface area contributed by atoms with Crippen molar-refractivity contribution >= 4 is 16.9 Å². The van der Waals surface area contributed by atoms with E-state index in [2.05, 4.69) is 33.7 Å². The molecular weight excluding hydrogens is 520 g/mol. The highest BCUT2D eigenvalue weighted by atomic mass is 19.2. The lowest BCUT2D eigenvalue weighted by Gasteiger charge is -2.27. The van der Waals surface area contributed by atoms with Crippen LogP contribution in [0.3, 0.4) is 0 Å². The van der Waals surface area contributed by atoms with Gasteiger partial charge in [0.15, 0.2) is 11.6 Å². The van der Waals surface area contributed by atoms with E-state index in [1.807, 2.05) is 19.1 Å². The zero-order chi connectivity index (χ0) is 28.8. The Morgan fingerprint density at radius 1 is 1.00 bits per heavy atom. The standard InChI is InChI=1S/C33H35F2N5O/c1-2-3-18-39(33(41)27-12-9-13-28(34)32(27)35)23-31-37-29-19-24(20-36)14-15-30(29)40(31)22-26-11-6-5-10-25(26)21-38-16-7-4-8-17-38/h5-6,9-15,19H,2-4,7-8,16-18,21-23H2,1H3. The van der Waals surface area contributed by atoms with Crippen molar-refractivity contribution in [3.8, 4) is 6.07 Å². The topological polar surface area (TPSA) is 65.2 Å². The van der Waals surface area contributed by atoms with E-state index in [1.165, 1.54) is 37.0 Å². The minimum absolute atomic E-state index is 0.125. The van der Waals surface area contributed by atoms with Gasteiger partial charge in [-0.2, -0.15) is 5.26 Å². The second kappa shape index (κ2) is 13.0. The SMILES string of the molecule is CCCCN(Cc1nc2cc(C#N)ccc2n1Cc1ccccc1CN1CCCCC1)C(=O)c1cccc(F)c1F. The van der Waals surface area contributed by atoms with E-state index in [4.69, 9.17) is 4.98 Å². The van der Waals surface area contributed by atoms with E-state index in [1.54, 1.807) is 17.0 Å². The summed E-state index contributed by atoms with van der Waals surface area (Å²) in [6, 6.07) is 19.7. The first-order chi connectivity index (χ1) is 20.0. The molecule has 41 heavy (non-hydrogen) atoms. The molecule has 8 heteroatoms. The van der Waals surface area contributed by atoms with Crippen LogP contribution in [0.15, 0.2) is 60.7 Å². The van der Waals surface area contributed by atoms with Crippen LogP contribution < -0.4 is 0 Å². The number of fused-ring (bicyclic) bond motifs is 1. The summed E-state index contributed by atoms with van der Waals surface area (Å²) in [4.78, 5) is 22.4. The number of amides is 1. The molecule has 0 saturated carbocycles. The van der Waals surface area contributed by atoms with Crippen molar-refractivity contribution in [3.63, 3.8) is 0 Å². The van der Waals surface area contributed by atoms with Crippen molar-refractivity contribution < 1.29 is 13.6 Å².